The molecule has 0 saturated carbocycles. The van der Waals surface area contributed by atoms with Crippen molar-refractivity contribution in [2.24, 2.45) is 0 Å². The van der Waals surface area contributed by atoms with Gasteiger partial charge in [-0.05, 0) is 6.07 Å². The molecular formula is C17H18FN3O2. The highest BCUT2D eigenvalue weighted by atomic mass is 19.1. The Morgan fingerprint density at radius 2 is 2.30 bits per heavy atom. The molecule has 1 atom stereocenters. The summed E-state index contributed by atoms with van der Waals surface area (Å²) < 4.78 is 19.3. The lowest BCUT2D eigenvalue weighted by Gasteiger charge is -2.31. The second kappa shape index (κ2) is 7.30. The van der Waals surface area contributed by atoms with Crippen LogP contribution in [0.4, 0.5) is 4.39 Å². The fraction of sp³-hybridized carbons (Fsp3) is 0.294. The van der Waals surface area contributed by atoms with Crippen LogP contribution in [0, 0.1) is 5.82 Å². The summed E-state index contributed by atoms with van der Waals surface area (Å²) >= 11 is 0. The first-order valence-corrected chi connectivity index (χ1v) is 7.51. The summed E-state index contributed by atoms with van der Waals surface area (Å²) in [4.78, 5) is 20.5. The highest BCUT2D eigenvalue weighted by molar-refractivity contribution is 5.50. The Kier molecular flexibility index (Phi) is 4.95. The third-order valence-corrected chi connectivity index (χ3v) is 3.73. The van der Waals surface area contributed by atoms with Crippen LogP contribution in [0.15, 0.2) is 47.5 Å². The van der Waals surface area contributed by atoms with E-state index in [9.17, 15) is 9.18 Å². The molecule has 1 N–H and O–H groups in total. The maximum absolute atomic E-state index is 13.6. The zero-order valence-corrected chi connectivity index (χ0v) is 12.6. The normalized spacial score (nSPS) is 19.3. The molecule has 3 rings (SSSR count). The topological polar surface area (TPSA) is 58.2 Å². The summed E-state index contributed by atoms with van der Waals surface area (Å²) in [7, 11) is 0. The molecule has 1 unspecified atom stereocenters. The highest BCUT2D eigenvalue weighted by Gasteiger charge is 2.19. The average Bonchev–Trinajstić information content (AvgIpc) is 2.57. The average molecular weight is 315 g/mol. The fourth-order valence-corrected chi connectivity index (χ4v) is 2.52. The van der Waals surface area contributed by atoms with Gasteiger partial charge in [0.2, 0.25) is 0 Å². The first-order valence-electron chi connectivity index (χ1n) is 7.51. The van der Waals surface area contributed by atoms with Crippen molar-refractivity contribution in [3.05, 3.63) is 70.2 Å². The van der Waals surface area contributed by atoms with Crippen LogP contribution in [-0.2, 0) is 11.3 Å². The van der Waals surface area contributed by atoms with Gasteiger partial charge in [0, 0.05) is 37.6 Å². The molecule has 1 saturated heterocycles. The van der Waals surface area contributed by atoms with Crippen LogP contribution >= 0.6 is 0 Å². The zero-order valence-electron chi connectivity index (χ0n) is 12.6. The molecule has 23 heavy (non-hydrogen) atoms. The minimum Gasteiger partial charge on any atom is -0.371 e. The Bertz CT molecular complexity index is 744. The Balaban J connectivity index is 1.63. The maximum atomic E-state index is 13.6. The molecule has 0 bridgehead atoms. The van der Waals surface area contributed by atoms with E-state index in [1.54, 1.807) is 30.5 Å². The molecule has 2 heterocycles. The van der Waals surface area contributed by atoms with E-state index < -0.39 is 0 Å². The number of aromatic amines is 1. The second-order valence-electron chi connectivity index (χ2n) is 5.39. The molecule has 2 aromatic rings. The van der Waals surface area contributed by atoms with E-state index in [4.69, 9.17) is 4.74 Å². The van der Waals surface area contributed by atoms with Gasteiger partial charge in [-0.1, -0.05) is 30.4 Å². The van der Waals surface area contributed by atoms with Crippen molar-refractivity contribution in [3.8, 4) is 0 Å². The number of aromatic nitrogens is 2. The lowest BCUT2D eigenvalue weighted by molar-refractivity contribution is -0.00668. The Labute approximate surface area is 133 Å². The number of nitrogens with one attached hydrogen (secondary N) is 1. The quantitative estimate of drug-likeness (QED) is 0.935. The number of rotatable bonds is 4. The predicted octanol–water partition coefficient (Wildman–Crippen LogP) is 1.82. The van der Waals surface area contributed by atoms with E-state index >= 15 is 0 Å². The van der Waals surface area contributed by atoms with Gasteiger partial charge < -0.3 is 9.72 Å². The van der Waals surface area contributed by atoms with E-state index in [0.717, 1.165) is 6.54 Å². The van der Waals surface area contributed by atoms with E-state index in [1.165, 1.54) is 12.3 Å². The van der Waals surface area contributed by atoms with Crippen LogP contribution < -0.4 is 5.56 Å². The van der Waals surface area contributed by atoms with Crippen molar-refractivity contribution in [2.45, 2.75) is 12.6 Å². The third kappa shape index (κ3) is 4.12. The summed E-state index contributed by atoms with van der Waals surface area (Å²) in [6.45, 7) is 2.42. The molecular weight excluding hydrogens is 297 g/mol. The largest absolute Gasteiger partial charge is 0.371 e. The Morgan fingerprint density at radius 1 is 1.43 bits per heavy atom. The van der Waals surface area contributed by atoms with Crippen LogP contribution in [0.25, 0.3) is 6.08 Å². The summed E-state index contributed by atoms with van der Waals surface area (Å²) in [6.07, 6.45) is 6.55. The van der Waals surface area contributed by atoms with Gasteiger partial charge in [-0.3, -0.25) is 14.7 Å². The van der Waals surface area contributed by atoms with Crippen LogP contribution in [0.1, 0.15) is 11.3 Å². The van der Waals surface area contributed by atoms with E-state index in [2.05, 4.69) is 14.9 Å². The number of ether oxygens (including phenoxy) is 1. The first kappa shape index (κ1) is 15.6. The summed E-state index contributed by atoms with van der Waals surface area (Å²) in [5.74, 6) is -0.253. The molecule has 120 valence electrons. The van der Waals surface area contributed by atoms with E-state index in [0.29, 0.717) is 31.0 Å². The zero-order chi connectivity index (χ0) is 16.1. The van der Waals surface area contributed by atoms with Crippen LogP contribution in [0.2, 0.25) is 0 Å². The molecule has 6 heteroatoms. The standard InChI is InChI=1S/C17H18FN3O2/c18-15-4-2-1-3-13(15)5-6-14-11-21(9-10-23-14)12-16-17(22)20-8-7-19-16/h1-8,14H,9-12H2,(H,20,22). The van der Waals surface area contributed by atoms with Gasteiger partial charge in [-0.15, -0.1) is 0 Å². The van der Waals surface area contributed by atoms with Gasteiger partial charge in [-0.25, -0.2) is 4.39 Å². The molecule has 0 spiro atoms. The van der Waals surface area contributed by atoms with Crippen LogP contribution in [0.5, 0.6) is 0 Å². The minimum atomic E-state index is -0.253. The molecule has 1 aromatic carbocycles. The van der Waals surface area contributed by atoms with Crippen LogP contribution in [-0.4, -0.2) is 40.7 Å². The first-order chi connectivity index (χ1) is 11.2. The van der Waals surface area contributed by atoms with Crippen molar-refractivity contribution < 1.29 is 9.13 Å². The SMILES string of the molecule is O=c1[nH]ccnc1CN1CCOC(C=Cc2ccccc2F)C1. The van der Waals surface area contributed by atoms with Gasteiger partial charge >= 0.3 is 0 Å². The number of hydrogen-bond acceptors (Lipinski definition) is 4. The fourth-order valence-electron chi connectivity index (χ4n) is 2.52. The number of nitrogens with zero attached hydrogens (tertiary/aromatic N) is 2. The number of halogens is 1. The molecule has 1 aromatic heterocycles. The van der Waals surface area contributed by atoms with Gasteiger partial charge in [0.25, 0.3) is 5.56 Å². The molecule has 1 fully saturated rings. The second-order valence-corrected chi connectivity index (χ2v) is 5.39. The lowest BCUT2D eigenvalue weighted by Crippen LogP contribution is -2.42. The van der Waals surface area contributed by atoms with Gasteiger partial charge in [-0.2, -0.15) is 0 Å². The van der Waals surface area contributed by atoms with Crippen LogP contribution in [0.3, 0.4) is 0 Å². The van der Waals surface area contributed by atoms with E-state index in [-0.39, 0.29) is 17.5 Å². The maximum Gasteiger partial charge on any atom is 0.270 e. The smallest absolute Gasteiger partial charge is 0.270 e. The number of hydrogen-bond donors (Lipinski definition) is 1. The molecule has 0 aliphatic carbocycles. The number of benzene rings is 1. The molecule has 5 nitrogen and oxygen atoms in total. The third-order valence-electron chi connectivity index (χ3n) is 3.73. The summed E-state index contributed by atoms with van der Waals surface area (Å²) in [6, 6.07) is 6.61. The van der Waals surface area contributed by atoms with Gasteiger partial charge in [0.05, 0.1) is 12.7 Å². The van der Waals surface area contributed by atoms with E-state index in [1.807, 2.05) is 6.08 Å². The molecule has 0 amide bonds. The minimum absolute atomic E-state index is 0.133. The lowest BCUT2D eigenvalue weighted by atomic mass is 10.1. The number of H-pyrrole nitrogens is 1. The van der Waals surface area contributed by atoms with Gasteiger partial charge in [0.1, 0.15) is 11.5 Å². The van der Waals surface area contributed by atoms with Crippen molar-refractivity contribution in [1.82, 2.24) is 14.9 Å². The molecule has 1 aliphatic rings. The summed E-state index contributed by atoms with van der Waals surface area (Å²) in [5.41, 5.74) is 0.859. The Hall–Kier alpha value is -2.31. The number of morpholine rings is 1. The van der Waals surface area contributed by atoms with Crippen molar-refractivity contribution in [1.29, 1.82) is 0 Å². The molecule has 0 radical (unpaired) electrons. The van der Waals surface area contributed by atoms with Gasteiger partial charge in [0.15, 0.2) is 0 Å². The van der Waals surface area contributed by atoms with Crippen molar-refractivity contribution >= 4 is 6.08 Å². The monoisotopic (exact) mass is 315 g/mol. The highest BCUT2D eigenvalue weighted by Crippen LogP contribution is 2.13. The van der Waals surface area contributed by atoms with Crippen molar-refractivity contribution in [3.63, 3.8) is 0 Å². The predicted molar refractivity (Wildman–Crippen MR) is 85.3 cm³/mol. The molecule has 1 aliphatic heterocycles. The summed E-state index contributed by atoms with van der Waals surface area (Å²) in [5, 5.41) is 0. The van der Waals surface area contributed by atoms with Crippen molar-refractivity contribution in [2.75, 3.05) is 19.7 Å². The Morgan fingerprint density at radius 3 is 3.13 bits per heavy atom.